The molecule has 5 nitrogen and oxygen atoms in total. The van der Waals surface area contributed by atoms with E-state index in [-0.39, 0.29) is 10.8 Å². The van der Waals surface area contributed by atoms with E-state index < -0.39 is 10.0 Å². The Balaban J connectivity index is 1.73. The van der Waals surface area contributed by atoms with Gasteiger partial charge in [-0.25, -0.2) is 8.42 Å². The van der Waals surface area contributed by atoms with E-state index in [1.54, 1.807) is 36.4 Å². The fraction of sp³-hybridized carbons (Fsp3) is 0. The summed E-state index contributed by atoms with van der Waals surface area (Å²) in [5.74, 6) is -0.243. The predicted octanol–water partition coefficient (Wildman–Crippen LogP) is 4.95. The first kappa shape index (κ1) is 20.1. The van der Waals surface area contributed by atoms with Crippen LogP contribution in [0.25, 0.3) is 0 Å². The van der Waals surface area contributed by atoms with Crippen LogP contribution in [-0.4, -0.2) is 14.3 Å². The van der Waals surface area contributed by atoms with E-state index in [1.165, 1.54) is 12.1 Å². The van der Waals surface area contributed by atoms with E-state index in [2.05, 4.69) is 55.2 Å². The maximum absolute atomic E-state index is 12.5. The number of sulfonamides is 1. The molecule has 0 unspecified atom stereocenters. The standard InChI is InChI=1S/C19H14I2N2O3S/c20-13-5-7-15(8-6-13)23-27(25,26)16-11-9-14(10-12-16)22-19(24)17-3-1-2-4-18(17)21/h1-12,23H,(H,22,24). The molecule has 0 saturated carbocycles. The summed E-state index contributed by atoms with van der Waals surface area (Å²) in [4.78, 5) is 12.5. The second-order valence-electron chi connectivity index (χ2n) is 5.57. The van der Waals surface area contributed by atoms with Crippen molar-refractivity contribution in [2.45, 2.75) is 4.90 Å². The van der Waals surface area contributed by atoms with Crippen LogP contribution in [0.1, 0.15) is 10.4 Å². The fourth-order valence-electron chi connectivity index (χ4n) is 2.29. The van der Waals surface area contributed by atoms with Gasteiger partial charge in [0.25, 0.3) is 15.9 Å². The summed E-state index contributed by atoms with van der Waals surface area (Å²) in [5.41, 5.74) is 1.58. The van der Waals surface area contributed by atoms with Crippen LogP contribution < -0.4 is 10.0 Å². The Morgan fingerprint density at radius 2 is 1.37 bits per heavy atom. The Hall–Kier alpha value is -1.66. The highest BCUT2D eigenvalue weighted by Gasteiger charge is 2.15. The Labute approximate surface area is 184 Å². The molecule has 0 aliphatic heterocycles. The number of nitrogens with one attached hydrogen (secondary N) is 2. The van der Waals surface area contributed by atoms with Gasteiger partial charge >= 0.3 is 0 Å². The molecule has 3 aromatic rings. The molecule has 0 heterocycles. The highest BCUT2D eigenvalue weighted by Crippen LogP contribution is 2.20. The van der Waals surface area contributed by atoms with Crippen LogP contribution in [0.15, 0.2) is 77.7 Å². The number of benzene rings is 3. The zero-order valence-corrected chi connectivity index (χ0v) is 18.9. The summed E-state index contributed by atoms with van der Waals surface area (Å²) in [6.07, 6.45) is 0. The highest BCUT2D eigenvalue weighted by molar-refractivity contribution is 14.1. The normalized spacial score (nSPS) is 11.0. The quantitative estimate of drug-likeness (QED) is 0.405. The van der Waals surface area contributed by atoms with Gasteiger partial charge < -0.3 is 5.32 Å². The van der Waals surface area contributed by atoms with Gasteiger partial charge in [-0.15, -0.1) is 0 Å². The van der Waals surface area contributed by atoms with E-state index in [4.69, 9.17) is 0 Å². The first-order valence-electron chi connectivity index (χ1n) is 7.79. The van der Waals surface area contributed by atoms with Crippen molar-refractivity contribution in [3.05, 3.63) is 85.5 Å². The van der Waals surface area contributed by atoms with E-state index in [1.807, 2.05) is 24.3 Å². The number of rotatable bonds is 5. The van der Waals surface area contributed by atoms with Crippen LogP contribution in [0, 0.1) is 7.14 Å². The maximum atomic E-state index is 12.5. The van der Waals surface area contributed by atoms with Crippen molar-refractivity contribution < 1.29 is 13.2 Å². The molecule has 1 amide bonds. The maximum Gasteiger partial charge on any atom is 0.261 e. The predicted molar refractivity (Wildman–Crippen MR) is 124 cm³/mol. The molecule has 138 valence electrons. The summed E-state index contributed by atoms with van der Waals surface area (Å²) < 4.78 is 29.4. The minimum atomic E-state index is -3.70. The van der Waals surface area contributed by atoms with Gasteiger partial charge in [0.15, 0.2) is 0 Å². The van der Waals surface area contributed by atoms with Gasteiger partial charge in [0.2, 0.25) is 0 Å². The van der Waals surface area contributed by atoms with Gasteiger partial charge in [-0.2, -0.15) is 0 Å². The van der Waals surface area contributed by atoms with Gasteiger partial charge in [0, 0.05) is 18.5 Å². The van der Waals surface area contributed by atoms with Gasteiger partial charge in [0.1, 0.15) is 0 Å². The molecular weight excluding hydrogens is 590 g/mol. The Kier molecular flexibility index (Phi) is 6.37. The van der Waals surface area contributed by atoms with E-state index in [9.17, 15) is 13.2 Å². The van der Waals surface area contributed by atoms with Crippen LogP contribution in [0.5, 0.6) is 0 Å². The minimum absolute atomic E-state index is 0.119. The molecule has 2 N–H and O–H groups in total. The lowest BCUT2D eigenvalue weighted by atomic mass is 10.2. The molecule has 0 atom stereocenters. The molecular formula is C19H14I2N2O3S. The van der Waals surface area contributed by atoms with Crippen molar-refractivity contribution >= 4 is 72.5 Å². The highest BCUT2D eigenvalue weighted by atomic mass is 127. The summed E-state index contributed by atoms with van der Waals surface area (Å²) in [5, 5.41) is 2.77. The lowest BCUT2D eigenvalue weighted by Gasteiger charge is -2.10. The molecule has 0 fully saturated rings. The van der Waals surface area contributed by atoms with Gasteiger partial charge in [-0.3, -0.25) is 9.52 Å². The monoisotopic (exact) mass is 604 g/mol. The summed E-state index contributed by atoms with van der Waals surface area (Å²) in [7, 11) is -3.70. The minimum Gasteiger partial charge on any atom is -0.322 e. The van der Waals surface area contributed by atoms with E-state index in [0.29, 0.717) is 16.9 Å². The molecule has 0 aliphatic rings. The molecule has 0 spiro atoms. The summed E-state index contributed by atoms with van der Waals surface area (Å²) in [6.45, 7) is 0. The second kappa shape index (κ2) is 8.57. The largest absolute Gasteiger partial charge is 0.322 e. The Morgan fingerprint density at radius 1 is 0.778 bits per heavy atom. The van der Waals surface area contributed by atoms with Crippen LogP contribution in [0.3, 0.4) is 0 Å². The van der Waals surface area contributed by atoms with Crippen molar-refractivity contribution in [2.24, 2.45) is 0 Å². The number of carbonyl (C=O) groups is 1. The number of halogens is 2. The summed E-state index contributed by atoms with van der Waals surface area (Å²) in [6, 6.07) is 20.3. The van der Waals surface area contributed by atoms with Gasteiger partial charge in [-0.05, 0) is 106 Å². The number of hydrogen-bond donors (Lipinski definition) is 2. The van der Waals surface area contributed by atoms with Crippen molar-refractivity contribution in [1.82, 2.24) is 0 Å². The zero-order valence-electron chi connectivity index (χ0n) is 13.8. The van der Waals surface area contributed by atoms with E-state index >= 15 is 0 Å². The first-order chi connectivity index (χ1) is 12.8. The van der Waals surface area contributed by atoms with Crippen molar-refractivity contribution in [2.75, 3.05) is 10.0 Å². The molecule has 0 bridgehead atoms. The van der Waals surface area contributed by atoms with Gasteiger partial charge in [-0.1, -0.05) is 12.1 Å². The number of anilines is 2. The molecule has 0 aromatic heterocycles. The van der Waals surface area contributed by atoms with Crippen molar-refractivity contribution in [1.29, 1.82) is 0 Å². The summed E-state index contributed by atoms with van der Waals surface area (Å²) >= 11 is 4.25. The third kappa shape index (κ3) is 5.20. The third-order valence-corrected chi connectivity index (χ3v) is 6.69. The van der Waals surface area contributed by atoms with Crippen molar-refractivity contribution in [3.63, 3.8) is 0 Å². The third-order valence-electron chi connectivity index (χ3n) is 3.64. The molecule has 3 rings (SSSR count). The number of carbonyl (C=O) groups excluding carboxylic acids is 1. The first-order valence-corrected chi connectivity index (χ1v) is 11.4. The Bertz CT molecular complexity index is 1070. The Morgan fingerprint density at radius 3 is 2.00 bits per heavy atom. The van der Waals surface area contributed by atoms with Crippen LogP contribution in [0.4, 0.5) is 11.4 Å². The molecule has 3 aromatic carbocycles. The van der Waals surface area contributed by atoms with Gasteiger partial charge in [0.05, 0.1) is 10.5 Å². The molecule has 0 radical (unpaired) electrons. The molecule has 0 aliphatic carbocycles. The average molecular weight is 604 g/mol. The lowest BCUT2D eigenvalue weighted by Crippen LogP contribution is -2.14. The van der Waals surface area contributed by atoms with Crippen LogP contribution in [-0.2, 0) is 10.0 Å². The number of amides is 1. The SMILES string of the molecule is O=C(Nc1ccc(S(=O)(=O)Nc2ccc(I)cc2)cc1)c1ccccc1I. The van der Waals surface area contributed by atoms with Crippen LogP contribution in [0.2, 0.25) is 0 Å². The molecule has 27 heavy (non-hydrogen) atoms. The lowest BCUT2D eigenvalue weighted by molar-refractivity contribution is 0.102. The topological polar surface area (TPSA) is 75.3 Å². The zero-order chi connectivity index (χ0) is 19.4. The molecule has 8 heteroatoms. The average Bonchev–Trinajstić information content (AvgIpc) is 2.64. The van der Waals surface area contributed by atoms with Crippen LogP contribution >= 0.6 is 45.2 Å². The van der Waals surface area contributed by atoms with Crippen molar-refractivity contribution in [3.8, 4) is 0 Å². The molecule has 0 saturated heterocycles. The number of hydrogen-bond acceptors (Lipinski definition) is 3. The second-order valence-corrected chi connectivity index (χ2v) is 9.66. The van der Waals surface area contributed by atoms with E-state index in [0.717, 1.165) is 7.14 Å². The fourth-order valence-corrected chi connectivity index (χ4v) is 4.34. The smallest absolute Gasteiger partial charge is 0.261 e.